The minimum atomic E-state index is -3.74. The molecule has 0 unspecified atom stereocenters. The number of fused-ring (bicyclic) bond motifs is 2. The summed E-state index contributed by atoms with van der Waals surface area (Å²) in [6, 6.07) is 4.76. The van der Waals surface area contributed by atoms with Gasteiger partial charge in [0.1, 0.15) is 0 Å². The average Bonchev–Trinajstić information content (AvgIpc) is 3.52. The molecule has 5 rings (SSSR count). The van der Waals surface area contributed by atoms with Crippen LogP contribution in [0.3, 0.4) is 0 Å². The number of benzene rings is 1. The molecule has 1 amide bonds. The van der Waals surface area contributed by atoms with Crippen LogP contribution in [-0.2, 0) is 33.8 Å². The summed E-state index contributed by atoms with van der Waals surface area (Å²) in [5, 5.41) is 2.78. The molecule has 11 heteroatoms. The van der Waals surface area contributed by atoms with Gasteiger partial charge in [0.15, 0.2) is 6.61 Å². The van der Waals surface area contributed by atoms with E-state index < -0.39 is 22.5 Å². The summed E-state index contributed by atoms with van der Waals surface area (Å²) in [6.07, 6.45) is 5.95. The summed E-state index contributed by atoms with van der Waals surface area (Å²) in [5.74, 6) is -0.422. The average molecular weight is 506 g/mol. The molecule has 2 saturated heterocycles. The summed E-state index contributed by atoms with van der Waals surface area (Å²) < 4.78 is 43.8. The highest BCUT2D eigenvalue weighted by molar-refractivity contribution is 7.89. The van der Waals surface area contributed by atoms with E-state index in [4.69, 9.17) is 14.2 Å². The zero-order chi connectivity index (χ0) is 24.4. The van der Waals surface area contributed by atoms with Crippen molar-refractivity contribution < 1.29 is 32.2 Å². The maximum Gasteiger partial charge on any atom is 0.310 e. The molecule has 0 spiro atoms. The number of esters is 1. The molecule has 4 aliphatic rings. The van der Waals surface area contributed by atoms with Crippen LogP contribution in [0.25, 0.3) is 0 Å². The molecule has 1 aromatic carbocycles. The molecular weight excluding hydrogens is 474 g/mol. The smallest absolute Gasteiger partial charge is 0.310 e. The number of anilines is 2. The topological polar surface area (TPSA) is 114 Å². The highest BCUT2D eigenvalue weighted by Gasteiger charge is 2.41. The van der Waals surface area contributed by atoms with Crippen LogP contribution in [0.4, 0.5) is 11.4 Å². The number of rotatable bonds is 7. The molecule has 190 valence electrons. The van der Waals surface area contributed by atoms with Crippen LogP contribution in [0, 0.1) is 17.8 Å². The number of hydrogen-bond acceptors (Lipinski definition) is 8. The van der Waals surface area contributed by atoms with E-state index in [0.717, 1.165) is 12.8 Å². The molecule has 0 radical (unpaired) electrons. The van der Waals surface area contributed by atoms with Crippen LogP contribution >= 0.6 is 0 Å². The van der Waals surface area contributed by atoms with Gasteiger partial charge in [-0.05, 0) is 42.9 Å². The third-order valence-corrected chi connectivity index (χ3v) is 9.02. The van der Waals surface area contributed by atoms with Crippen molar-refractivity contribution in [2.24, 2.45) is 17.8 Å². The quantitative estimate of drug-likeness (QED) is 0.435. The summed E-state index contributed by atoms with van der Waals surface area (Å²) in [5.41, 5.74) is 1.07. The van der Waals surface area contributed by atoms with Gasteiger partial charge in [-0.15, -0.1) is 0 Å². The van der Waals surface area contributed by atoms with Gasteiger partial charge in [-0.1, -0.05) is 12.2 Å². The van der Waals surface area contributed by atoms with Gasteiger partial charge in [-0.3, -0.25) is 9.59 Å². The Kier molecular flexibility index (Phi) is 7.10. The summed E-state index contributed by atoms with van der Waals surface area (Å²) >= 11 is 0. The Hall–Kier alpha value is -2.47. The summed E-state index contributed by atoms with van der Waals surface area (Å²) in [6.45, 7) is 3.15. The van der Waals surface area contributed by atoms with Gasteiger partial charge in [0.2, 0.25) is 10.0 Å². The normalized spacial score (nSPS) is 26.6. The maximum atomic E-state index is 13.2. The van der Waals surface area contributed by atoms with Gasteiger partial charge in [-0.2, -0.15) is 4.31 Å². The van der Waals surface area contributed by atoms with E-state index in [0.29, 0.717) is 56.8 Å². The largest absolute Gasteiger partial charge is 0.455 e. The fourth-order valence-electron chi connectivity index (χ4n) is 5.27. The molecule has 1 saturated carbocycles. The first kappa shape index (κ1) is 24.2. The monoisotopic (exact) mass is 505 g/mol. The molecule has 2 bridgehead atoms. The molecule has 2 aliphatic heterocycles. The van der Waals surface area contributed by atoms with Gasteiger partial charge >= 0.3 is 5.97 Å². The Morgan fingerprint density at radius 1 is 1.00 bits per heavy atom. The van der Waals surface area contributed by atoms with Crippen molar-refractivity contribution in [3.63, 3.8) is 0 Å². The Bertz CT molecular complexity index is 1090. The van der Waals surface area contributed by atoms with Crippen LogP contribution in [0.2, 0.25) is 0 Å². The number of morpholine rings is 2. The predicted octanol–water partition coefficient (Wildman–Crippen LogP) is 1.24. The van der Waals surface area contributed by atoms with Crippen molar-refractivity contribution in [3.05, 3.63) is 30.4 Å². The van der Waals surface area contributed by atoms with Gasteiger partial charge in [0.05, 0.1) is 48.6 Å². The second kappa shape index (κ2) is 10.3. The highest BCUT2D eigenvalue weighted by atomic mass is 32.2. The first-order chi connectivity index (χ1) is 16.9. The molecule has 2 heterocycles. The molecule has 1 aromatic rings. The van der Waals surface area contributed by atoms with Crippen molar-refractivity contribution in [2.75, 3.05) is 69.4 Å². The lowest BCUT2D eigenvalue weighted by Crippen LogP contribution is -2.40. The Labute approximate surface area is 205 Å². The molecule has 3 atom stereocenters. The lowest BCUT2D eigenvalue weighted by atomic mass is 9.94. The number of amides is 1. The standard InChI is InChI=1S/C24H31N3O7S/c28-23(16-34-24(29)20-14-17-1-2-18(20)13-17)25-21-15-19(35(30,31)27-7-11-33-12-8-27)3-4-22(21)26-5-9-32-10-6-26/h1-4,15,17-18,20H,5-14,16H2,(H,25,28)/t17-,18+,20-/m1/s1. The molecule has 35 heavy (non-hydrogen) atoms. The Balaban J connectivity index is 1.31. The van der Waals surface area contributed by atoms with E-state index in [1.54, 1.807) is 12.1 Å². The van der Waals surface area contributed by atoms with E-state index in [1.165, 1.54) is 10.4 Å². The van der Waals surface area contributed by atoms with Gasteiger partial charge in [-0.25, -0.2) is 8.42 Å². The van der Waals surface area contributed by atoms with E-state index in [9.17, 15) is 18.0 Å². The zero-order valence-electron chi connectivity index (χ0n) is 19.6. The number of hydrogen-bond donors (Lipinski definition) is 1. The minimum Gasteiger partial charge on any atom is -0.455 e. The molecule has 10 nitrogen and oxygen atoms in total. The first-order valence-corrected chi connectivity index (χ1v) is 13.6. The number of nitrogens with zero attached hydrogens (tertiary/aromatic N) is 2. The molecule has 3 fully saturated rings. The van der Waals surface area contributed by atoms with Crippen LogP contribution in [0.5, 0.6) is 0 Å². The highest BCUT2D eigenvalue weighted by Crippen LogP contribution is 2.43. The lowest BCUT2D eigenvalue weighted by molar-refractivity contribution is -0.152. The maximum absolute atomic E-state index is 13.2. The number of carbonyl (C=O) groups excluding carboxylic acids is 2. The third-order valence-electron chi connectivity index (χ3n) is 7.13. The fraction of sp³-hybridized carbons (Fsp3) is 0.583. The summed E-state index contributed by atoms with van der Waals surface area (Å²) in [7, 11) is -3.74. The van der Waals surface area contributed by atoms with Crippen LogP contribution in [0.1, 0.15) is 12.8 Å². The van der Waals surface area contributed by atoms with Crippen LogP contribution < -0.4 is 10.2 Å². The molecule has 0 aromatic heterocycles. The van der Waals surface area contributed by atoms with Crippen LogP contribution in [0.15, 0.2) is 35.2 Å². The van der Waals surface area contributed by atoms with Gasteiger partial charge in [0.25, 0.3) is 5.91 Å². The Morgan fingerprint density at radius 2 is 1.71 bits per heavy atom. The SMILES string of the molecule is O=C(COC(=O)[C@@H]1C[C@@H]2C=C[C@H]1C2)Nc1cc(S(=O)(=O)N2CCOCC2)ccc1N1CCOCC1. The number of sulfonamides is 1. The lowest BCUT2D eigenvalue weighted by Gasteiger charge is -2.31. The van der Waals surface area contributed by atoms with Crippen molar-refractivity contribution in [1.82, 2.24) is 4.31 Å². The van der Waals surface area contributed by atoms with Crippen molar-refractivity contribution in [1.29, 1.82) is 0 Å². The zero-order valence-corrected chi connectivity index (χ0v) is 20.4. The Morgan fingerprint density at radius 3 is 2.37 bits per heavy atom. The van der Waals surface area contributed by atoms with Crippen molar-refractivity contribution in [2.45, 2.75) is 17.7 Å². The molecule has 2 aliphatic carbocycles. The fourth-order valence-corrected chi connectivity index (χ4v) is 6.71. The number of carbonyl (C=O) groups is 2. The molecular formula is C24H31N3O7S. The summed E-state index contributed by atoms with van der Waals surface area (Å²) in [4.78, 5) is 27.4. The number of allylic oxidation sites excluding steroid dienone is 2. The van der Waals surface area contributed by atoms with E-state index >= 15 is 0 Å². The van der Waals surface area contributed by atoms with Gasteiger partial charge in [0, 0.05) is 26.2 Å². The number of nitrogens with one attached hydrogen (secondary N) is 1. The first-order valence-electron chi connectivity index (χ1n) is 12.1. The second-order valence-corrected chi connectivity index (χ2v) is 11.3. The minimum absolute atomic E-state index is 0.0949. The van der Waals surface area contributed by atoms with E-state index in [1.807, 2.05) is 4.90 Å². The van der Waals surface area contributed by atoms with E-state index in [-0.39, 0.29) is 35.8 Å². The van der Waals surface area contributed by atoms with E-state index in [2.05, 4.69) is 17.5 Å². The number of ether oxygens (including phenoxy) is 3. The van der Waals surface area contributed by atoms with Crippen molar-refractivity contribution >= 4 is 33.3 Å². The predicted molar refractivity (Wildman–Crippen MR) is 127 cm³/mol. The van der Waals surface area contributed by atoms with Crippen molar-refractivity contribution in [3.8, 4) is 0 Å². The van der Waals surface area contributed by atoms with Gasteiger partial charge < -0.3 is 24.4 Å². The van der Waals surface area contributed by atoms with Crippen LogP contribution in [-0.4, -0.2) is 83.8 Å². The second-order valence-electron chi connectivity index (χ2n) is 9.34. The third kappa shape index (κ3) is 5.23. The molecule has 1 N–H and O–H groups in total.